The first-order valence-electron chi connectivity index (χ1n) is 16.1. The average molecular weight is 659 g/mol. The Balaban J connectivity index is 1.34. The Bertz CT molecular complexity index is 1930. The average Bonchev–Trinajstić information content (AvgIpc) is 3.38. The first kappa shape index (κ1) is 33.5. The number of hydrogen-bond acceptors (Lipinski definition) is 8. The number of carbonyl (C=O) groups excluding carboxylic acids is 1. The maximum atomic E-state index is 13.6. The summed E-state index contributed by atoms with van der Waals surface area (Å²) in [6, 6.07) is 19.9. The molecule has 2 N–H and O–H groups in total. The number of carbonyl (C=O) groups is 1. The number of oxazole rings is 1. The van der Waals surface area contributed by atoms with E-state index < -0.39 is 23.2 Å². The molecule has 0 saturated carbocycles. The molecular weight excluding hydrogens is 620 g/mol. The molecule has 0 bridgehead atoms. The van der Waals surface area contributed by atoms with Gasteiger partial charge in [0, 0.05) is 0 Å². The van der Waals surface area contributed by atoms with Gasteiger partial charge in [0.1, 0.15) is 0 Å². The SMILES string of the molecule is CCCCCCCCCCCCOC(=O)c1ccc(Cl)c(-n2c(O)c(-c3nc4ccccc4c(=O)n3Nc3ccccc3)oc2=O)c1. The number of esters is 1. The van der Waals surface area contributed by atoms with Crippen molar-refractivity contribution < 1.29 is 19.1 Å². The summed E-state index contributed by atoms with van der Waals surface area (Å²) >= 11 is 6.45. The number of halogens is 1. The largest absolute Gasteiger partial charge is 0.491 e. The second-order valence-electron chi connectivity index (χ2n) is 11.4. The summed E-state index contributed by atoms with van der Waals surface area (Å²) in [5.41, 5.74) is 3.55. The van der Waals surface area contributed by atoms with E-state index in [0.29, 0.717) is 16.6 Å². The monoisotopic (exact) mass is 658 g/mol. The van der Waals surface area contributed by atoms with Gasteiger partial charge >= 0.3 is 11.7 Å². The van der Waals surface area contributed by atoms with E-state index in [9.17, 15) is 19.5 Å². The molecule has 0 aliphatic heterocycles. The molecule has 0 aliphatic carbocycles. The zero-order chi connectivity index (χ0) is 33.2. The summed E-state index contributed by atoms with van der Waals surface area (Å²) in [5, 5.41) is 11.7. The summed E-state index contributed by atoms with van der Waals surface area (Å²) in [7, 11) is 0. The van der Waals surface area contributed by atoms with E-state index >= 15 is 0 Å². The van der Waals surface area contributed by atoms with Crippen molar-refractivity contribution in [2.45, 2.75) is 71.1 Å². The maximum Gasteiger partial charge on any atom is 0.427 e. The summed E-state index contributed by atoms with van der Waals surface area (Å²) in [4.78, 5) is 44.2. The number of hydrogen-bond donors (Lipinski definition) is 2. The van der Waals surface area contributed by atoms with Gasteiger partial charge in [0.2, 0.25) is 17.5 Å². The van der Waals surface area contributed by atoms with Crippen LogP contribution < -0.4 is 16.7 Å². The molecule has 47 heavy (non-hydrogen) atoms. The molecule has 0 amide bonds. The second kappa shape index (κ2) is 16.1. The number of fused-ring (bicyclic) bond motifs is 1. The highest BCUT2D eigenvalue weighted by atomic mass is 35.5. The molecule has 2 aromatic heterocycles. The Morgan fingerprint density at radius 1 is 0.894 bits per heavy atom. The number of nitrogens with one attached hydrogen (secondary N) is 1. The van der Waals surface area contributed by atoms with Crippen LogP contribution in [0.1, 0.15) is 81.5 Å². The molecule has 0 fully saturated rings. The summed E-state index contributed by atoms with van der Waals surface area (Å²) in [6.45, 7) is 2.49. The summed E-state index contributed by atoms with van der Waals surface area (Å²) in [5.74, 6) is -2.74. The summed E-state index contributed by atoms with van der Waals surface area (Å²) in [6.07, 6.45) is 11.7. The minimum Gasteiger partial charge on any atom is -0.491 e. The van der Waals surface area contributed by atoms with Crippen molar-refractivity contribution in [1.82, 2.24) is 14.2 Å². The highest BCUT2D eigenvalue weighted by Crippen LogP contribution is 2.32. The number of aromatic hydroxyl groups is 1. The smallest absolute Gasteiger partial charge is 0.427 e. The van der Waals surface area contributed by atoms with E-state index in [-0.39, 0.29) is 34.5 Å². The Kier molecular flexibility index (Phi) is 11.5. The van der Waals surface area contributed by atoms with Crippen molar-refractivity contribution in [1.29, 1.82) is 0 Å². The molecule has 246 valence electrons. The van der Waals surface area contributed by atoms with Crippen LogP contribution in [0.15, 0.2) is 86.8 Å². The van der Waals surface area contributed by atoms with Crippen LogP contribution in [-0.4, -0.2) is 31.9 Å². The number of rotatable bonds is 16. The highest BCUT2D eigenvalue weighted by molar-refractivity contribution is 6.32. The van der Waals surface area contributed by atoms with Gasteiger partial charge in [-0.2, -0.15) is 4.68 Å². The quantitative estimate of drug-likeness (QED) is 0.0803. The van der Waals surface area contributed by atoms with Gasteiger partial charge in [-0.25, -0.2) is 19.1 Å². The Morgan fingerprint density at radius 2 is 1.55 bits per heavy atom. The number of anilines is 1. The molecule has 0 atom stereocenters. The first-order chi connectivity index (χ1) is 22.9. The van der Waals surface area contributed by atoms with Crippen molar-refractivity contribution in [2.75, 3.05) is 12.0 Å². The topological polar surface area (TPSA) is 129 Å². The van der Waals surface area contributed by atoms with Crippen LogP contribution in [0.5, 0.6) is 5.88 Å². The normalized spacial score (nSPS) is 11.2. The highest BCUT2D eigenvalue weighted by Gasteiger charge is 2.26. The second-order valence-corrected chi connectivity index (χ2v) is 11.8. The van der Waals surface area contributed by atoms with E-state index in [1.165, 1.54) is 63.1 Å². The lowest BCUT2D eigenvalue weighted by atomic mass is 10.1. The third kappa shape index (κ3) is 8.13. The van der Waals surface area contributed by atoms with Crippen molar-refractivity contribution in [3.8, 4) is 23.2 Å². The standard InChI is InChI=1S/C36H39ClN4O6/c1-2-3-4-5-6-7-8-9-10-16-23-46-35(44)25-21-22-28(37)30(24-25)40-34(43)31(47-36(40)45)32-38-29-20-15-14-19-27(29)33(42)41(32)39-26-17-12-11-13-18-26/h11-15,17-22,24,39,43H,2-10,16,23H2,1H3. The lowest BCUT2D eigenvalue weighted by Gasteiger charge is -2.14. The van der Waals surface area contributed by atoms with Crippen LogP contribution in [0, 0.1) is 0 Å². The molecule has 11 heteroatoms. The van der Waals surface area contributed by atoms with Crippen LogP contribution in [0.3, 0.4) is 0 Å². The van der Waals surface area contributed by atoms with Crippen LogP contribution >= 0.6 is 11.6 Å². The molecule has 5 aromatic rings. The molecule has 3 aromatic carbocycles. The number of ether oxygens (including phenoxy) is 1. The molecular formula is C36H39ClN4O6. The van der Waals surface area contributed by atoms with Gasteiger partial charge in [0.05, 0.1) is 39.5 Å². The fourth-order valence-electron chi connectivity index (χ4n) is 5.40. The number of nitrogens with zero attached hydrogens (tertiary/aromatic N) is 3. The van der Waals surface area contributed by atoms with E-state index in [1.54, 1.807) is 48.5 Å². The maximum absolute atomic E-state index is 13.6. The van der Waals surface area contributed by atoms with Gasteiger partial charge in [0.15, 0.2) is 0 Å². The summed E-state index contributed by atoms with van der Waals surface area (Å²) < 4.78 is 12.9. The van der Waals surface area contributed by atoms with Crippen LogP contribution in [0.25, 0.3) is 28.2 Å². The van der Waals surface area contributed by atoms with Crippen molar-refractivity contribution in [2.24, 2.45) is 0 Å². The lowest BCUT2D eigenvalue weighted by molar-refractivity contribution is 0.0497. The zero-order valence-corrected chi connectivity index (χ0v) is 27.2. The molecule has 0 aliphatic rings. The van der Waals surface area contributed by atoms with Gasteiger partial charge in [-0.3, -0.25) is 10.2 Å². The first-order valence-corrected chi connectivity index (χ1v) is 16.5. The minimum atomic E-state index is -0.996. The number of unbranched alkanes of at least 4 members (excludes halogenated alkanes) is 9. The Labute approximate surface area is 277 Å². The third-order valence-electron chi connectivity index (χ3n) is 7.93. The molecule has 10 nitrogen and oxygen atoms in total. The fraction of sp³-hybridized carbons (Fsp3) is 0.333. The zero-order valence-electron chi connectivity index (χ0n) is 26.4. The van der Waals surface area contributed by atoms with Gasteiger partial charge < -0.3 is 14.3 Å². The van der Waals surface area contributed by atoms with E-state index in [4.69, 9.17) is 20.8 Å². The molecule has 5 rings (SSSR count). The van der Waals surface area contributed by atoms with Gasteiger partial charge in [0.25, 0.3) is 5.56 Å². The van der Waals surface area contributed by atoms with E-state index in [0.717, 1.165) is 28.5 Å². The number of para-hydroxylation sites is 2. The van der Waals surface area contributed by atoms with Gasteiger partial charge in [-0.05, 0) is 48.9 Å². The predicted octanol–water partition coefficient (Wildman–Crippen LogP) is 8.12. The van der Waals surface area contributed by atoms with Gasteiger partial charge in [-0.15, -0.1) is 0 Å². The van der Waals surface area contributed by atoms with Crippen LogP contribution in [0.4, 0.5) is 5.69 Å². The molecule has 0 spiro atoms. The predicted molar refractivity (Wildman–Crippen MR) is 184 cm³/mol. The molecule has 0 saturated heterocycles. The van der Waals surface area contributed by atoms with Crippen molar-refractivity contribution >= 4 is 34.2 Å². The number of aromatic nitrogens is 3. The molecule has 2 heterocycles. The van der Waals surface area contributed by atoms with E-state index in [2.05, 4.69) is 17.3 Å². The van der Waals surface area contributed by atoms with Gasteiger partial charge in [-0.1, -0.05) is 107 Å². The van der Waals surface area contributed by atoms with Crippen LogP contribution in [0.2, 0.25) is 5.02 Å². The fourth-order valence-corrected chi connectivity index (χ4v) is 5.61. The lowest BCUT2D eigenvalue weighted by Crippen LogP contribution is -2.29. The van der Waals surface area contributed by atoms with Crippen molar-refractivity contribution in [3.63, 3.8) is 0 Å². The third-order valence-corrected chi connectivity index (χ3v) is 8.25. The Hall–Kier alpha value is -4.83. The molecule has 0 unspecified atom stereocenters. The van der Waals surface area contributed by atoms with E-state index in [1.807, 2.05) is 6.07 Å². The van der Waals surface area contributed by atoms with Crippen LogP contribution in [-0.2, 0) is 4.74 Å². The Morgan fingerprint density at radius 3 is 2.28 bits per heavy atom. The molecule has 0 radical (unpaired) electrons. The minimum absolute atomic E-state index is 0.00302. The number of benzene rings is 3. The van der Waals surface area contributed by atoms with Crippen molar-refractivity contribution in [3.05, 3.63) is 104 Å².